The van der Waals surface area contributed by atoms with Gasteiger partial charge in [0.15, 0.2) is 0 Å². The monoisotopic (exact) mass is 251 g/mol. The Kier molecular flexibility index (Phi) is 4.35. The number of phenolic OH excluding ortho intramolecular Hbond substituents is 1. The number of rotatable bonds is 4. The first-order valence-corrected chi connectivity index (χ1v) is 5.90. The van der Waals surface area contributed by atoms with Gasteiger partial charge in [-0.25, -0.2) is 0 Å². The standard InChI is InChI=1S/C14H21NO3/c1-9-6-11(7-10(2)12(9)16)8-15-14(3,4)13(17)18-5/h6-7,15-16H,8H2,1-5H3. The number of nitrogens with one attached hydrogen (secondary N) is 1. The highest BCUT2D eigenvalue weighted by Gasteiger charge is 2.27. The van der Waals surface area contributed by atoms with Crippen LogP contribution in [0, 0.1) is 13.8 Å². The van der Waals surface area contributed by atoms with Crippen LogP contribution in [0.2, 0.25) is 0 Å². The van der Waals surface area contributed by atoms with Crippen LogP contribution in [0.1, 0.15) is 30.5 Å². The van der Waals surface area contributed by atoms with Crippen LogP contribution in [-0.4, -0.2) is 23.7 Å². The lowest BCUT2D eigenvalue weighted by Gasteiger charge is -2.23. The molecule has 4 nitrogen and oxygen atoms in total. The Morgan fingerprint density at radius 2 is 1.83 bits per heavy atom. The quantitative estimate of drug-likeness (QED) is 0.804. The van der Waals surface area contributed by atoms with Crippen LogP contribution in [0.5, 0.6) is 5.75 Å². The molecule has 0 fully saturated rings. The molecule has 0 aliphatic heterocycles. The highest BCUT2D eigenvalue weighted by molar-refractivity contribution is 5.79. The van der Waals surface area contributed by atoms with Gasteiger partial charge in [-0.3, -0.25) is 10.1 Å². The maximum absolute atomic E-state index is 11.5. The summed E-state index contributed by atoms with van der Waals surface area (Å²) in [6.45, 7) is 7.82. The third-order valence-electron chi connectivity index (χ3n) is 2.98. The van der Waals surface area contributed by atoms with E-state index < -0.39 is 5.54 Å². The maximum atomic E-state index is 11.5. The SMILES string of the molecule is COC(=O)C(C)(C)NCc1cc(C)c(O)c(C)c1. The fraction of sp³-hybridized carbons (Fsp3) is 0.500. The Bertz CT molecular complexity index is 429. The molecular formula is C14H21NO3. The Hall–Kier alpha value is -1.55. The number of aromatic hydroxyl groups is 1. The van der Waals surface area contributed by atoms with Crippen molar-refractivity contribution in [2.24, 2.45) is 0 Å². The van der Waals surface area contributed by atoms with Crippen LogP contribution in [0.3, 0.4) is 0 Å². The lowest BCUT2D eigenvalue weighted by Crippen LogP contribution is -2.46. The molecule has 1 rings (SSSR count). The van der Waals surface area contributed by atoms with E-state index >= 15 is 0 Å². The molecule has 0 saturated carbocycles. The molecule has 0 spiro atoms. The Balaban J connectivity index is 2.78. The Morgan fingerprint density at radius 1 is 1.33 bits per heavy atom. The number of ether oxygens (including phenoxy) is 1. The molecule has 0 heterocycles. The summed E-state index contributed by atoms with van der Waals surface area (Å²) in [5, 5.41) is 12.8. The maximum Gasteiger partial charge on any atom is 0.325 e. The van der Waals surface area contributed by atoms with Gasteiger partial charge in [-0.2, -0.15) is 0 Å². The summed E-state index contributed by atoms with van der Waals surface area (Å²) < 4.78 is 4.73. The molecule has 1 aromatic carbocycles. The van der Waals surface area contributed by atoms with E-state index in [0.29, 0.717) is 12.3 Å². The number of methoxy groups -OCH3 is 1. The molecule has 0 aliphatic carbocycles. The van der Waals surface area contributed by atoms with Crippen molar-refractivity contribution in [1.82, 2.24) is 5.32 Å². The van der Waals surface area contributed by atoms with Gasteiger partial charge in [0.05, 0.1) is 7.11 Å². The average molecular weight is 251 g/mol. The van der Waals surface area contributed by atoms with Crippen LogP contribution < -0.4 is 5.32 Å². The molecule has 4 heteroatoms. The fourth-order valence-electron chi connectivity index (χ4n) is 1.80. The van der Waals surface area contributed by atoms with Crippen molar-refractivity contribution in [3.8, 4) is 5.75 Å². The highest BCUT2D eigenvalue weighted by Crippen LogP contribution is 2.23. The number of phenols is 1. The number of benzene rings is 1. The van der Waals surface area contributed by atoms with Crippen LogP contribution in [0.15, 0.2) is 12.1 Å². The summed E-state index contributed by atoms with van der Waals surface area (Å²) in [5.74, 6) is 0.0284. The van der Waals surface area contributed by atoms with Gasteiger partial charge < -0.3 is 9.84 Å². The molecule has 0 bridgehead atoms. The molecule has 100 valence electrons. The zero-order valence-corrected chi connectivity index (χ0v) is 11.6. The molecule has 0 radical (unpaired) electrons. The molecule has 0 atom stereocenters. The summed E-state index contributed by atoms with van der Waals surface area (Å²) in [5.41, 5.74) is 1.97. The lowest BCUT2D eigenvalue weighted by molar-refractivity contribution is -0.147. The fourth-order valence-corrected chi connectivity index (χ4v) is 1.80. The van der Waals surface area contributed by atoms with Crippen LogP contribution in [0.4, 0.5) is 0 Å². The number of hydrogen-bond acceptors (Lipinski definition) is 4. The van der Waals surface area contributed by atoms with E-state index in [2.05, 4.69) is 5.32 Å². The summed E-state index contributed by atoms with van der Waals surface area (Å²) in [4.78, 5) is 11.5. The number of carbonyl (C=O) groups excluding carboxylic acids is 1. The van der Waals surface area contributed by atoms with Crippen LogP contribution in [-0.2, 0) is 16.1 Å². The average Bonchev–Trinajstić information content (AvgIpc) is 2.32. The molecule has 0 aliphatic rings. The third kappa shape index (κ3) is 3.23. The van der Waals surface area contributed by atoms with Gasteiger partial charge in [0, 0.05) is 6.54 Å². The molecule has 2 N–H and O–H groups in total. The number of esters is 1. The molecule has 18 heavy (non-hydrogen) atoms. The summed E-state index contributed by atoms with van der Waals surface area (Å²) >= 11 is 0. The van der Waals surface area contributed by atoms with Gasteiger partial charge in [-0.05, 0) is 44.4 Å². The molecule has 0 unspecified atom stereocenters. The van der Waals surface area contributed by atoms with Crippen molar-refractivity contribution in [2.75, 3.05) is 7.11 Å². The minimum absolute atomic E-state index is 0.297. The van der Waals surface area contributed by atoms with E-state index in [4.69, 9.17) is 4.74 Å². The third-order valence-corrected chi connectivity index (χ3v) is 2.98. The lowest BCUT2D eigenvalue weighted by atomic mass is 10.0. The molecule has 0 amide bonds. The summed E-state index contributed by atoms with van der Waals surface area (Å²) in [6, 6.07) is 3.81. The molecule has 1 aromatic rings. The van der Waals surface area contributed by atoms with Crippen LogP contribution in [0.25, 0.3) is 0 Å². The van der Waals surface area contributed by atoms with Crippen molar-refractivity contribution in [3.63, 3.8) is 0 Å². The van der Waals surface area contributed by atoms with Crippen molar-refractivity contribution in [2.45, 2.75) is 39.8 Å². The largest absolute Gasteiger partial charge is 0.507 e. The summed E-state index contributed by atoms with van der Waals surface area (Å²) in [6.07, 6.45) is 0. The van der Waals surface area contributed by atoms with E-state index in [1.54, 1.807) is 13.8 Å². The Labute approximate surface area is 108 Å². The van der Waals surface area contributed by atoms with Crippen molar-refractivity contribution in [3.05, 3.63) is 28.8 Å². The zero-order chi connectivity index (χ0) is 13.9. The van der Waals surface area contributed by atoms with Crippen molar-refractivity contribution < 1.29 is 14.6 Å². The van der Waals surface area contributed by atoms with Gasteiger partial charge >= 0.3 is 5.97 Å². The number of carbonyl (C=O) groups is 1. The molecule has 0 saturated heterocycles. The zero-order valence-electron chi connectivity index (χ0n) is 11.6. The van der Waals surface area contributed by atoms with E-state index in [0.717, 1.165) is 16.7 Å². The second-order valence-corrected chi connectivity index (χ2v) is 5.05. The predicted octanol–water partition coefficient (Wildman–Crippen LogP) is 2.05. The molecule has 0 aromatic heterocycles. The van der Waals surface area contributed by atoms with E-state index in [1.807, 2.05) is 26.0 Å². The van der Waals surface area contributed by atoms with E-state index in [9.17, 15) is 9.90 Å². The van der Waals surface area contributed by atoms with Crippen molar-refractivity contribution in [1.29, 1.82) is 0 Å². The minimum Gasteiger partial charge on any atom is -0.507 e. The first-order chi connectivity index (χ1) is 8.27. The smallest absolute Gasteiger partial charge is 0.325 e. The van der Waals surface area contributed by atoms with E-state index in [1.165, 1.54) is 7.11 Å². The second kappa shape index (κ2) is 5.40. The van der Waals surface area contributed by atoms with Crippen molar-refractivity contribution >= 4 is 5.97 Å². The van der Waals surface area contributed by atoms with Gasteiger partial charge in [-0.15, -0.1) is 0 Å². The minimum atomic E-state index is -0.728. The number of aryl methyl sites for hydroxylation is 2. The predicted molar refractivity (Wildman–Crippen MR) is 70.5 cm³/mol. The van der Waals surface area contributed by atoms with Gasteiger partial charge in [0.25, 0.3) is 0 Å². The topological polar surface area (TPSA) is 58.6 Å². The number of hydrogen-bond donors (Lipinski definition) is 2. The first-order valence-electron chi connectivity index (χ1n) is 5.90. The van der Waals surface area contributed by atoms with E-state index in [-0.39, 0.29) is 5.97 Å². The van der Waals surface area contributed by atoms with Gasteiger partial charge in [0.2, 0.25) is 0 Å². The Morgan fingerprint density at radius 3 is 2.28 bits per heavy atom. The normalized spacial score (nSPS) is 11.4. The second-order valence-electron chi connectivity index (χ2n) is 5.05. The highest BCUT2D eigenvalue weighted by atomic mass is 16.5. The van der Waals surface area contributed by atoms with Crippen LogP contribution >= 0.6 is 0 Å². The van der Waals surface area contributed by atoms with Gasteiger partial charge in [-0.1, -0.05) is 12.1 Å². The summed E-state index contributed by atoms with van der Waals surface area (Å²) in [7, 11) is 1.38. The first kappa shape index (κ1) is 14.5. The van der Waals surface area contributed by atoms with Gasteiger partial charge in [0.1, 0.15) is 11.3 Å². The molecular weight excluding hydrogens is 230 g/mol.